The third kappa shape index (κ3) is 3.08. The number of hydrogen-bond acceptors (Lipinski definition) is 2. The summed E-state index contributed by atoms with van der Waals surface area (Å²) in [5.41, 5.74) is 1.19. The van der Waals surface area contributed by atoms with Crippen LogP contribution in [0, 0.1) is 0 Å². The molecular formula is C15H20Cl2N2. The van der Waals surface area contributed by atoms with E-state index in [0.29, 0.717) is 17.1 Å². The summed E-state index contributed by atoms with van der Waals surface area (Å²) in [5.74, 6) is 0. The zero-order valence-electron chi connectivity index (χ0n) is 11.0. The van der Waals surface area contributed by atoms with E-state index >= 15 is 0 Å². The van der Waals surface area contributed by atoms with Crippen molar-refractivity contribution in [3.63, 3.8) is 0 Å². The Bertz CT molecular complexity index is 444. The van der Waals surface area contributed by atoms with Gasteiger partial charge in [0.15, 0.2) is 0 Å². The van der Waals surface area contributed by atoms with Crippen LogP contribution in [0.5, 0.6) is 0 Å². The Morgan fingerprint density at radius 3 is 2.84 bits per heavy atom. The normalized spacial score (nSPS) is 28.1. The third-order valence-electron chi connectivity index (χ3n) is 4.37. The molecule has 0 amide bonds. The molecule has 4 heteroatoms. The van der Waals surface area contributed by atoms with Crippen molar-refractivity contribution < 1.29 is 0 Å². The van der Waals surface area contributed by atoms with E-state index < -0.39 is 0 Å². The Labute approximate surface area is 125 Å². The molecule has 2 fully saturated rings. The second kappa shape index (κ2) is 6.01. The number of nitrogens with one attached hydrogen (secondary N) is 1. The summed E-state index contributed by atoms with van der Waals surface area (Å²) < 4.78 is 0. The molecule has 1 aromatic rings. The van der Waals surface area contributed by atoms with Gasteiger partial charge in [0.1, 0.15) is 0 Å². The summed E-state index contributed by atoms with van der Waals surface area (Å²) in [5, 5.41) is 5.14. The number of rotatable bonds is 3. The van der Waals surface area contributed by atoms with Gasteiger partial charge < -0.3 is 5.32 Å². The highest BCUT2D eigenvalue weighted by Gasteiger charge is 2.33. The smallest absolute Gasteiger partial charge is 0.0465 e. The van der Waals surface area contributed by atoms with Gasteiger partial charge in [-0.25, -0.2) is 0 Å². The van der Waals surface area contributed by atoms with E-state index in [0.717, 1.165) is 11.6 Å². The average Bonchev–Trinajstić information content (AvgIpc) is 3.03. The monoisotopic (exact) mass is 298 g/mol. The summed E-state index contributed by atoms with van der Waals surface area (Å²) in [7, 11) is 0. The highest BCUT2D eigenvalue weighted by Crippen LogP contribution is 2.29. The number of halogens is 2. The van der Waals surface area contributed by atoms with Crippen molar-refractivity contribution in [1.82, 2.24) is 10.2 Å². The Kier molecular flexibility index (Phi) is 4.33. The van der Waals surface area contributed by atoms with Crippen molar-refractivity contribution in [2.75, 3.05) is 13.1 Å². The molecule has 3 rings (SSSR count). The first-order valence-corrected chi connectivity index (χ1v) is 7.91. The van der Waals surface area contributed by atoms with E-state index in [4.69, 9.17) is 23.2 Å². The largest absolute Gasteiger partial charge is 0.312 e. The third-order valence-corrected chi connectivity index (χ3v) is 4.95. The fourth-order valence-corrected chi connectivity index (χ4v) is 3.88. The van der Waals surface area contributed by atoms with Gasteiger partial charge in [0, 0.05) is 28.7 Å². The summed E-state index contributed by atoms with van der Waals surface area (Å²) >= 11 is 12.2. The van der Waals surface area contributed by atoms with E-state index in [2.05, 4.69) is 16.3 Å². The van der Waals surface area contributed by atoms with Gasteiger partial charge in [-0.1, -0.05) is 29.3 Å². The lowest BCUT2D eigenvalue weighted by molar-refractivity contribution is 0.206. The van der Waals surface area contributed by atoms with Crippen LogP contribution in [0.2, 0.25) is 10.0 Å². The molecule has 1 aromatic carbocycles. The van der Waals surface area contributed by atoms with Crippen molar-refractivity contribution in [1.29, 1.82) is 0 Å². The van der Waals surface area contributed by atoms with Crippen LogP contribution in [-0.2, 0) is 6.54 Å². The van der Waals surface area contributed by atoms with Crippen LogP contribution >= 0.6 is 23.2 Å². The molecular weight excluding hydrogens is 279 g/mol. The number of likely N-dealkylation sites (tertiary alicyclic amines) is 1. The van der Waals surface area contributed by atoms with Gasteiger partial charge in [0.05, 0.1) is 0 Å². The van der Waals surface area contributed by atoms with Crippen LogP contribution in [0.4, 0.5) is 0 Å². The van der Waals surface area contributed by atoms with Gasteiger partial charge in [0.25, 0.3) is 0 Å². The number of hydrogen-bond donors (Lipinski definition) is 1. The molecule has 0 radical (unpaired) electrons. The number of benzene rings is 1. The predicted molar refractivity (Wildman–Crippen MR) is 80.9 cm³/mol. The molecule has 2 atom stereocenters. The van der Waals surface area contributed by atoms with Gasteiger partial charge in [-0.15, -0.1) is 0 Å². The second-order valence-electron chi connectivity index (χ2n) is 5.62. The molecule has 19 heavy (non-hydrogen) atoms. The van der Waals surface area contributed by atoms with Crippen LogP contribution in [0.1, 0.15) is 31.2 Å². The highest BCUT2D eigenvalue weighted by molar-refractivity contribution is 6.35. The fraction of sp³-hybridized carbons (Fsp3) is 0.600. The minimum atomic E-state index is 0.675. The molecule has 2 aliphatic heterocycles. The molecule has 2 aliphatic rings. The van der Waals surface area contributed by atoms with E-state index in [9.17, 15) is 0 Å². The molecule has 104 valence electrons. The lowest BCUT2D eigenvalue weighted by Crippen LogP contribution is -2.43. The van der Waals surface area contributed by atoms with E-state index in [1.54, 1.807) is 0 Å². The van der Waals surface area contributed by atoms with Gasteiger partial charge in [-0.2, -0.15) is 0 Å². The van der Waals surface area contributed by atoms with Crippen LogP contribution < -0.4 is 5.32 Å². The topological polar surface area (TPSA) is 15.3 Å². The molecule has 2 unspecified atom stereocenters. The molecule has 1 N–H and O–H groups in total. The van der Waals surface area contributed by atoms with Gasteiger partial charge in [-0.05, 0) is 56.5 Å². The maximum atomic E-state index is 6.29. The van der Waals surface area contributed by atoms with Crippen LogP contribution in [0.25, 0.3) is 0 Å². The molecule has 0 saturated carbocycles. The Morgan fingerprint density at radius 2 is 2.11 bits per heavy atom. The summed E-state index contributed by atoms with van der Waals surface area (Å²) in [6.45, 7) is 3.30. The molecule has 0 aliphatic carbocycles. The van der Waals surface area contributed by atoms with Crippen molar-refractivity contribution in [2.24, 2.45) is 0 Å². The standard InChI is InChI=1S/C15H20Cl2N2/c16-12-6-5-11(13(17)9-12)10-19-8-2-4-15(19)14-3-1-7-18-14/h5-6,9,14-15,18H,1-4,7-8,10H2. The molecule has 2 saturated heterocycles. The molecule has 0 bridgehead atoms. The Balaban J connectivity index is 1.70. The lowest BCUT2D eigenvalue weighted by Gasteiger charge is -2.29. The quantitative estimate of drug-likeness (QED) is 0.915. The average molecular weight is 299 g/mol. The van der Waals surface area contributed by atoms with Crippen molar-refractivity contribution >= 4 is 23.2 Å². The first-order chi connectivity index (χ1) is 9.24. The zero-order chi connectivity index (χ0) is 13.2. The van der Waals surface area contributed by atoms with Gasteiger partial charge in [-0.3, -0.25) is 4.90 Å². The maximum Gasteiger partial charge on any atom is 0.0465 e. The summed E-state index contributed by atoms with van der Waals surface area (Å²) in [6, 6.07) is 7.18. The fourth-order valence-electron chi connectivity index (χ4n) is 3.41. The summed E-state index contributed by atoms with van der Waals surface area (Å²) in [6.07, 6.45) is 5.24. The first kappa shape index (κ1) is 13.7. The first-order valence-electron chi connectivity index (χ1n) is 7.15. The van der Waals surface area contributed by atoms with E-state index in [1.807, 2.05) is 12.1 Å². The van der Waals surface area contributed by atoms with Gasteiger partial charge >= 0.3 is 0 Å². The zero-order valence-corrected chi connectivity index (χ0v) is 12.6. The molecule has 2 heterocycles. The lowest BCUT2D eigenvalue weighted by atomic mass is 10.0. The molecule has 2 nitrogen and oxygen atoms in total. The van der Waals surface area contributed by atoms with Gasteiger partial charge in [0.2, 0.25) is 0 Å². The molecule has 0 spiro atoms. The maximum absolute atomic E-state index is 6.29. The Morgan fingerprint density at radius 1 is 1.21 bits per heavy atom. The van der Waals surface area contributed by atoms with Crippen LogP contribution in [0.15, 0.2) is 18.2 Å². The van der Waals surface area contributed by atoms with E-state index in [1.165, 1.54) is 44.3 Å². The summed E-state index contributed by atoms with van der Waals surface area (Å²) in [4.78, 5) is 2.58. The van der Waals surface area contributed by atoms with E-state index in [-0.39, 0.29) is 0 Å². The Hall–Kier alpha value is -0.280. The van der Waals surface area contributed by atoms with Crippen LogP contribution in [-0.4, -0.2) is 30.1 Å². The minimum absolute atomic E-state index is 0.675. The number of nitrogens with zero attached hydrogens (tertiary/aromatic N) is 1. The SMILES string of the molecule is Clc1ccc(CN2CCCC2C2CCCN2)c(Cl)c1. The molecule has 0 aromatic heterocycles. The van der Waals surface area contributed by atoms with Crippen molar-refractivity contribution in [2.45, 2.75) is 44.3 Å². The minimum Gasteiger partial charge on any atom is -0.312 e. The van der Waals surface area contributed by atoms with Crippen LogP contribution in [0.3, 0.4) is 0 Å². The van der Waals surface area contributed by atoms with Crippen molar-refractivity contribution in [3.8, 4) is 0 Å². The van der Waals surface area contributed by atoms with Crippen molar-refractivity contribution in [3.05, 3.63) is 33.8 Å². The highest BCUT2D eigenvalue weighted by atomic mass is 35.5. The second-order valence-corrected chi connectivity index (χ2v) is 6.46. The predicted octanol–water partition coefficient (Wildman–Crippen LogP) is 3.71.